The summed E-state index contributed by atoms with van der Waals surface area (Å²) in [6.45, 7) is 0.0214. The third-order valence-corrected chi connectivity index (χ3v) is 3.57. The maximum atomic E-state index is 13.1. The number of nitrogens with zero attached hydrogens (tertiary/aromatic N) is 2. The third kappa shape index (κ3) is 2.76. The van der Waals surface area contributed by atoms with Gasteiger partial charge in [0, 0.05) is 6.07 Å². The summed E-state index contributed by atoms with van der Waals surface area (Å²) in [5.74, 6) is 4.61. The average Bonchev–Trinajstić information content (AvgIpc) is 2.96. The Morgan fingerprint density at radius 3 is 2.81 bits per heavy atom. The van der Waals surface area contributed by atoms with E-state index in [-0.39, 0.29) is 12.4 Å². The van der Waals surface area contributed by atoms with Crippen molar-refractivity contribution in [2.75, 3.05) is 5.43 Å². The largest absolute Gasteiger partial charge is 0.486 e. The number of ether oxygens (including phenoxy) is 1. The number of nitrogen functional groups attached to an aromatic ring is 1. The standard InChI is InChI=1S/C13H10F2N4OS/c14-9-2-1-7(5-10(9)15)20-6-11-17-12(19-16)8-3-4-21-13(8)18-11/h1-5H,6,16H2,(H,17,18,19). The van der Waals surface area contributed by atoms with Crippen LogP contribution in [0.25, 0.3) is 10.2 Å². The molecule has 3 N–H and O–H groups in total. The van der Waals surface area contributed by atoms with E-state index in [2.05, 4.69) is 15.4 Å². The van der Waals surface area contributed by atoms with Crippen molar-refractivity contribution in [2.24, 2.45) is 5.84 Å². The fourth-order valence-electron chi connectivity index (χ4n) is 1.79. The first kappa shape index (κ1) is 13.7. The number of nitrogens with two attached hydrogens (primary N) is 1. The Labute approximate surface area is 122 Å². The van der Waals surface area contributed by atoms with Crippen LogP contribution in [0.15, 0.2) is 29.6 Å². The normalized spacial score (nSPS) is 10.8. The van der Waals surface area contributed by atoms with Gasteiger partial charge in [-0.3, -0.25) is 0 Å². The van der Waals surface area contributed by atoms with Crippen LogP contribution < -0.4 is 16.0 Å². The van der Waals surface area contributed by atoms with Crippen LogP contribution in [-0.2, 0) is 6.61 Å². The molecule has 0 saturated heterocycles. The molecule has 2 aromatic heterocycles. The van der Waals surface area contributed by atoms with Crippen molar-refractivity contribution in [2.45, 2.75) is 6.61 Å². The molecule has 0 spiro atoms. The second-order valence-corrected chi connectivity index (χ2v) is 5.03. The van der Waals surface area contributed by atoms with E-state index in [0.717, 1.165) is 22.3 Å². The molecule has 0 bridgehead atoms. The fourth-order valence-corrected chi connectivity index (χ4v) is 2.57. The predicted octanol–water partition coefficient (Wildman–Crippen LogP) is 2.83. The lowest BCUT2D eigenvalue weighted by atomic mass is 10.3. The second kappa shape index (κ2) is 5.58. The molecule has 21 heavy (non-hydrogen) atoms. The quantitative estimate of drug-likeness (QED) is 0.573. The lowest BCUT2D eigenvalue weighted by Crippen LogP contribution is -2.11. The Hall–Kier alpha value is -2.32. The first-order valence-electron chi connectivity index (χ1n) is 5.96. The van der Waals surface area contributed by atoms with Gasteiger partial charge in [0.05, 0.1) is 5.39 Å². The Morgan fingerprint density at radius 2 is 2.05 bits per heavy atom. The van der Waals surface area contributed by atoms with Crippen molar-refractivity contribution in [3.8, 4) is 5.75 Å². The number of nitrogens with one attached hydrogen (secondary N) is 1. The van der Waals surface area contributed by atoms with E-state index in [1.165, 1.54) is 17.4 Å². The minimum atomic E-state index is -0.966. The topological polar surface area (TPSA) is 73.1 Å². The molecule has 2 heterocycles. The van der Waals surface area contributed by atoms with Gasteiger partial charge < -0.3 is 10.2 Å². The SMILES string of the molecule is NNc1nc(COc2ccc(F)c(F)c2)nc2sccc12. The van der Waals surface area contributed by atoms with Crippen LogP contribution in [0.3, 0.4) is 0 Å². The molecule has 1 aromatic carbocycles. The zero-order chi connectivity index (χ0) is 14.8. The van der Waals surface area contributed by atoms with Gasteiger partial charge in [-0.1, -0.05) is 0 Å². The van der Waals surface area contributed by atoms with E-state index in [0.29, 0.717) is 11.6 Å². The summed E-state index contributed by atoms with van der Waals surface area (Å²) in [6.07, 6.45) is 0. The van der Waals surface area contributed by atoms with E-state index in [1.54, 1.807) is 0 Å². The number of thiophene rings is 1. The summed E-state index contributed by atoms with van der Waals surface area (Å²) >= 11 is 1.45. The molecule has 0 atom stereocenters. The summed E-state index contributed by atoms with van der Waals surface area (Å²) < 4.78 is 31.3. The second-order valence-electron chi connectivity index (χ2n) is 4.14. The minimum Gasteiger partial charge on any atom is -0.486 e. The molecule has 0 aliphatic heterocycles. The van der Waals surface area contributed by atoms with Gasteiger partial charge in [0.25, 0.3) is 0 Å². The van der Waals surface area contributed by atoms with E-state index in [4.69, 9.17) is 10.6 Å². The van der Waals surface area contributed by atoms with E-state index in [9.17, 15) is 8.78 Å². The third-order valence-electron chi connectivity index (χ3n) is 2.77. The predicted molar refractivity (Wildman–Crippen MR) is 75.9 cm³/mol. The van der Waals surface area contributed by atoms with Gasteiger partial charge in [0.15, 0.2) is 23.3 Å². The van der Waals surface area contributed by atoms with Crippen LogP contribution >= 0.6 is 11.3 Å². The summed E-state index contributed by atoms with van der Waals surface area (Å²) in [5.41, 5.74) is 2.50. The Morgan fingerprint density at radius 1 is 1.19 bits per heavy atom. The molecule has 0 radical (unpaired) electrons. The zero-order valence-corrected chi connectivity index (χ0v) is 11.5. The molecule has 0 amide bonds. The molecular weight excluding hydrogens is 298 g/mol. The van der Waals surface area contributed by atoms with Crippen molar-refractivity contribution < 1.29 is 13.5 Å². The number of hydrazine groups is 1. The van der Waals surface area contributed by atoms with Gasteiger partial charge >= 0.3 is 0 Å². The van der Waals surface area contributed by atoms with E-state index in [1.807, 2.05) is 11.4 Å². The highest BCUT2D eigenvalue weighted by atomic mass is 32.1. The number of anilines is 1. The molecule has 0 aliphatic rings. The van der Waals surface area contributed by atoms with Gasteiger partial charge in [-0.25, -0.2) is 24.6 Å². The van der Waals surface area contributed by atoms with Crippen molar-refractivity contribution in [1.82, 2.24) is 9.97 Å². The van der Waals surface area contributed by atoms with Crippen molar-refractivity contribution in [3.63, 3.8) is 0 Å². The number of benzene rings is 1. The van der Waals surface area contributed by atoms with Gasteiger partial charge in [-0.2, -0.15) is 0 Å². The van der Waals surface area contributed by atoms with Crippen LogP contribution in [0.2, 0.25) is 0 Å². The lowest BCUT2D eigenvalue weighted by Gasteiger charge is -2.07. The summed E-state index contributed by atoms with van der Waals surface area (Å²) in [4.78, 5) is 9.30. The van der Waals surface area contributed by atoms with Crippen LogP contribution in [0, 0.1) is 11.6 Å². The highest BCUT2D eigenvalue weighted by molar-refractivity contribution is 7.16. The van der Waals surface area contributed by atoms with Crippen molar-refractivity contribution in [1.29, 1.82) is 0 Å². The van der Waals surface area contributed by atoms with Gasteiger partial charge in [0.2, 0.25) is 0 Å². The molecule has 108 valence electrons. The van der Waals surface area contributed by atoms with Crippen LogP contribution in [0.1, 0.15) is 5.82 Å². The molecule has 0 saturated carbocycles. The zero-order valence-electron chi connectivity index (χ0n) is 10.6. The number of rotatable bonds is 4. The van der Waals surface area contributed by atoms with Crippen molar-refractivity contribution >= 4 is 27.4 Å². The molecule has 0 unspecified atom stereocenters. The van der Waals surface area contributed by atoms with Crippen molar-refractivity contribution in [3.05, 3.63) is 47.1 Å². The number of fused-ring (bicyclic) bond motifs is 1. The first-order valence-corrected chi connectivity index (χ1v) is 6.84. The van der Waals surface area contributed by atoms with Gasteiger partial charge in [-0.05, 0) is 23.6 Å². The molecule has 0 aliphatic carbocycles. The number of hydrogen-bond acceptors (Lipinski definition) is 6. The van der Waals surface area contributed by atoms with E-state index >= 15 is 0 Å². The van der Waals surface area contributed by atoms with Gasteiger partial charge in [0.1, 0.15) is 17.2 Å². The fraction of sp³-hybridized carbons (Fsp3) is 0.0769. The van der Waals surface area contributed by atoms with Gasteiger partial charge in [-0.15, -0.1) is 11.3 Å². The smallest absolute Gasteiger partial charge is 0.169 e. The Bertz CT molecular complexity index is 793. The maximum absolute atomic E-state index is 13.1. The molecule has 3 rings (SSSR count). The molecule has 3 aromatic rings. The first-order chi connectivity index (χ1) is 10.2. The number of halogens is 2. The number of aromatic nitrogens is 2. The van der Waals surface area contributed by atoms with E-state index < -0.39 is 11.6 Å². The summed E-state index contributed by atoms with van der Waals surface area (Å²) in [5, 5.41) is 2.69. The minimum absolute atomic E-state index is 0.0214. The summed E-state index contributed by atoms with van der Waals surface area (Å²) in [7, 11) is 0. The molecule has 8 heteroatoms. The van der Waals surface area contributed by atoms with Crippen LogP contribution in [-0.4, -0.2) is 9.97 Å². The summed E-state index contributed by atoms with van der Waals surface area (Å²) in [6, 6.07) is 5.17. The molecular formula is C13H10F2N4OS. The maximum Gasteiger partial charge on any atom is 0.169 e. The lowest BCUT2D eigenvalue weighted by molar-refractivity contribution is 0.294. The van der Waals surface area contributed by atoms with Crippen LogP contribution in [0.4, 0.5) is 14.6 Å². The Kier molecular flexibility index (Phi) is 3.63. The monoisotopic (exact) mass is 308 g/mol. The highest BCUT2D eigenvalue weighted by Crippen LogP contribution is 2.25. The number of hydrogen-bond donors (Lipinski definition) is 2. The average molecular weight is 308 g/mol. The highest BCUT2D eigenvalue weighted by Gasteiger charge is 2.09. The molecule has 0 fully saturated rings. The van der Waals surface area contributed by atoms with Crippen LogP contribution in [0.5, 0.6) is 5.75 Å². The Balaban J connectivity index is 1.82. The molecule has 5 nitrogen and oxygen atoms in total.